The van der Waals surface area contributed by atoms with Crippen LogP contribution in [0, 0.1) is 0 Å². The molecule has 0 aromatic carbocycles. The lowest BCUT2D eigenvalue weighted by Crippen LogP contribution is -2.38. The molecule has 0 bridgehead atoms. The first kappa shape index (κ1) is 13.1. The van der Waals surface area contributed by atoms with Gasteiger partial charge in [0.15, 0.2) is 0 Å². The fraction of sp³-hybridized carbons (Fsp3) is 0.545. The first-order valence-electron chi connectivity index (χ1n) is 5.25. The van der Waals surface area contributed by atoms with E-state index in [0.717, 1.165) is 0 Å². The molecule has 0 saturated heterocycles. The van der Waals surface area contributed by atoms with Crippen LogP contribution < -0.4 is 0 Å². The van der Waals surface area contributed by atoms with Crippen LogP contribution in [0.1, 0.15) is 24.3 Å². The highest BCUT2D eigenvalue weighted by molar-refractivity contribution is 6.31. The van der Waals surface area contributed by atoms with Gasteiger partial charge >= 0.3 is 0 Å². The first-order valence-corrected chi connectivity index (χ1v) is 5.62. The van der Waals surface area contributed by atoms with Crippen LogP contribution in [0.25, 0.3) is 0 Å². The molecule has 1 heterocycles. The van der Waals surface area contributed by atoms with Crippen molar-refractivity contribution in [1.29, 1.82) is 0 Å². The third-order valence-corrected chi connectivity index (χ3v) is 2.88. The average molecular weight is 245 g/mol. The molecule has 1 N–H and O–H groups in total. The molecule has 1 unspecified atom stereocenters. The van der Waals surface area contributed by atoms with Crippen LogP contribution in [-0.4, -0.2) is 40.2 Å². The number of aryl methyl sites for hydroxylation is 1. The fourth-order valence-corrected chi connectivity index (χ4v) is 1.64. The third-order valence-electron chi connectivity index (χ3n) is 2.67. The monoisotopic (exact) mass is 244 g/mol. The largest absolute Gasteiger partial charge is 0.394 e. The number of nitrogens with zero attached hydrogens (tertiary/aromatic N) is 2. The average Bonchev–Trinajstić information content (AvgIpc) is 2.67. The Kier molecular flexibility index (Phi) is 4.38. The molecule has 0 aliphatic rings. The van der Waals surface area contributed by atoms with Crippen LogP contribution in [0.15, 0.2) is 12.3 Å². The Bertz CT molecular complexity index is 376. The van der Waals surface area contributed by atoms with E-state index >= 15 is 0 Å². The van der Waals surface area contributed by atoms with Gasteiger partial charge in [0.1, 0.15) is 5.69 Å². The van der Waals surface area contributed by atoms with Crippen LogP contribution in [0.4, 0.5) is 0 Å². The number of aromatic nitrogens is 1. The van der Waals surface area contributed by atoms with Crippen molar-refractivity contribution in [3.8, 4) is 0 Å². The summed E-state index contributed by atoms with van der Waals surface area (Å²) in [5.41, 5.74) is 0.551. The van der Waals surface area contributed by atoms with Gasteiger partial charge in [-0.3, -0.25) is 4.79 Å². The summed E-state index contributed by atoms with van der Waals surface area (Å²) in [6.07, 6.45) is 1.73. The summed E-state index contributed by atoms with van der Waals surface area (Å²) in [7, 11) is 1.67. The summed E-state index contributed by atoms with van der Waals surface area (Å²) in [5.74, 6) is -0.129. The van der Waals surface area contributed by atoms with Gasteiger partial charge in [-0.25, -0.2) is 0 Å². The standard InChI is InChI=1S/C11H17ClN2O2/c1-4-14-6-9(12)5-10(14)11(16)13(3)8(2)7-15/h5-6,8,15H,4,7H2,1-3H3. The normalized spacial score (nSPS) is 12.6. The summed E-state index contributed by atoms with van der Waals surface area (Å²) in [6, 6.07) is 1.44. The Balaban J connectivity index is 2.95. The summed E-state index contributed by atoms with van der Waals surface area (Å²) in [5, 5.41) is 9.56. The number of amides is 1. The van der Waals surface area contributed by atoms with Crippen LogP contribution in [0.5, 0.6) is 0 Å². The maximum absolute atomic E-state index is 12.1. The second-order valence-electron chi connectivity index (χ2n) is 3.78. The van der Waals surface area contributed by atoms with E-state index in [0.29, 0.717) is 17.3 Å². The molecule has 1 aromatic rings. The highest BCUT2D eigenvalue weighted by Crippen LogP contribution is 2.16. The van der Waals surface area contributed by atoms with E-state index in [-0.39, 0.29) is 18.6 Å². The molecule has 4 nitrogen and oxygen atoms in total. The van der Waals surface area contributed by atoms with E-state index < -0.39 is 0 Å². The Hall–Kier alpha value is -1.00. The Morgan fingerprint density at radius 2 is 2.31 bits per heavy atom. The topological polar surface area (TPSA) is 45.5 Å². The molecule has 1 atom stereocenters. The molecule has 1 aromatic heterocycles. The highest BCUT2D eigenvalue weighted by Gasteiger charge is 2.20. The number of rotatable bonds is 4. The van der Waals surface area contributed by atoms with E-state index in [1.807, 2.05) is 6.92 Å². The van der Waals surface area contributed by atoms with Gasteiger partial charge in [0, 0.05) is 19.8 Å². The molecule has 1 amide bonds. The molecule has 0 aliphatic heterocycles. The number of carbonyl (C=O) groups is 1. The number of aliphatic hydroxyl groups excluding tert-OH is 1. The van der Waals surface area contributed by atoms with E-state index in [9.17, 15) is 4.79 Å². The minimum Gasteiger partial charge on any atom is -0.394 e. The van der Waals surface area contributed by atoms with E-state index in [1.165, 1.54) is 4.90 Å². The smallest absolute Gasteiger partial charge is 0.270 e. The van der Waals surface area contributed by atoms with Crippen molar-refractivity contribution in [3.63, 3.8) is 0 Å². The molecule has 0 fully saturated rings. The Labute approximate surface area is 100 Å². The minimum absolute atomic E-state index is 0.0528. The van der Waals surface area contributed by atoms with Gasteiger partial charge in [-0.1, -0.05) is 11.6 Å². The number of aliphatic hydroxyl groups is 1. The Morgan fingerprint density at radius 3 is 2.81 bits per heavy atom. The second-order valence-corrected chi connectivity index (χ2v) is 4.21. The maximum atomic E-state index is 12.1. The van der Waals surface area contributed by atoms with Crippen molar-refractivity contribution in [2.24, 2.45) is 0 Å². The van der Waals surface area contributed by atoms with Crippen molar-refractivity contribution in [2.45, 2.75) is 26.4 Å². The molecule has 90 valence electrons. The number of hydrogen-bond donors (Lipinski definition) is 1. The molecular formula is C11H17ClN2O2. The molecule has 0 radical (unpaired) electrons. The number of likely N-dealkylation sites (N-methyl/N-ethyl adjacent to an activating group) is 1. The molecule has 16 heavy (non-hydrogen) atoms. The first-order chi connectivity index (χ1) is 7.51. The zero-order valence-electron chi connectivity index (χ0n) is 9.77. The lowest BCUT2D eigenvalue weighted by Gasteiger charge is -2.23. The van der Waals surface area contributed by atoms with Gasteiger partial charge in [-0.2, -0.15) is 0 Å². The van der Waals surface area contributed by atoms with E-state index in [4.69, 9.17) is 16.7 Å². The summed E-state index contributed by atoms with van der Waals surface area (Å²) >= 11 is 5.87. The molecule has 1 rings (SSSR count). The maximum Gasteiger partial charge on any atom is 0.270 e. The SMILES string of the molecule is CCn1cc(Cl)cc1C(=O)N(C)C(C)CO. The van der Waals surface area contributed by atoms with Crippen molar-refractivity contribution < 1.29 is 9.90 Å². The number of carbonyl (C=O) groups excluding carboxylic acids is 1. The molecule has 0 spiro atoms. The number of halogens is 1. The minimum atomic E-state index is -0.202. The molecule has 5 heteroatoms. The van der Waals surface area contributed by atoms with Crippen LogP contribution in [0.2, 0.25) is 5.02 Å². The summed E-state index contributed by atoms with van der Waals surface area (Å²) in [6.45, 7) is 4.37. The van der Waals surface area contributed by atoms with Gasteiger partial charge in [0.2, 0.25) is 0 Å². The highest BCUT2D eigenvalue weighted by atomic mass is 35.5. The zero-order valence-corrected chi connectivity index (χ0v) is 10.5. The number of hydrogen-bond acceptors (Lipinski definition) is 2. The molecular weight excluding hydrogens is 228 g/mol. The van der Waals surface area contributed by atoms with Gasteiger partial charge in [0.05, 0.1) is 17.7 Å². The van der Waals surface area contributed by atoms with E-state index in [2.05, 4.69) is 0 Å². The van der Waals surface area contributed by atoms with Crippen molar-refractivity contribution in [2.75, 3.05) is 13.7 Å². The Morgan fingerprint density at radius 1 is 1.69 bits per heavy atom. The van der Waals surface area contributed by atoms with Crippen molar-refractivity contribution >= 4 is 17.5 Å². The lowest BCUT2D eigenvalue weighted by molar-refractivity contribution is 0.0671. The zero-order chi connectivity index (χ0) is 12.3. The third kappa shape index (κ3) is 2.57. The van der Waals surface area contributed by atoms with Gasteiger partial charge < -0.3 is 14.6 Å². The predicted molar refractivity (Wildman–Crippen MR) is 63.8 cm³/mol. The van der Waals surface area contributed by atoms with Crippen molar-refractivity contribution in [3.05, 3.63) is 23.0 Å². The summed E-state index contributed by atoms with van der Waals surface area (Å²) in [4.78, 5) is 13.6. The van der Waals surface area contributed by atoms with Gasteiger partial charge in [-0.15, -0.1) is 0 Å². The molecule has 0 aliphatic carbocycles. The van der Waals surface area contributed by atoms with Crippen LogP contribution in [-0.2, 0) is 6.54 Å². The van der Waals surface area contributed by atoms with Crippen LogP contribution in [0.3, 0.4) is 0 Å². The fourth-order valence-electron chi connectivity index (χ4n) is 1.42. The predicted octanol–water partition coefficient (Wildman–Crippen LogP) is 1.61. The van der Waals surface area contributed by atoms with Gasteiger partial charge in [0.25, 0.3) is 5.91 Å². The molecule has 0 saturated carbocycles. The van der Waals surface area contributed by atoms with Crippen LogP contribution >= 0.6 is 11.6 Å². The second kappa shape index (κ2) is 5.37. The van der Waals surface area contributed by atoms with Gasteiger partial charge in [-0.05, 0) is 19.9 Å². The summed E-state index contributed by atoms with van der Waals surface area (Å²) < 4.78 is 1.80. The quantitative estimate of drug-likeness (QED) is 0.875. The van der Waals surface area contributed by atoms with E-state index in [1.54, 1.807) is 30.8 Å². The lowest BCUT2D eigenvalue weighted by atomic mass is 10.3. The van der Waals surface area contributed by atoms with Crippen molar-refractivity contribution in [1.82, 2.24) is 9.47 Å².